The van der Waals surface area contributed by atoms with E-state index in [4.69, 9.17) is 0 Å². The molecule has 0 saturated heterocycles. The second kappa shape index (κ2) is 8.96. The first-order valence-electron chi connectivity index (χ1n) is 8.58. The lowest BCUT2D eigenvalue weighted by molar-refractivity contribution is 0.102. The van der Waals surface area contributed by atoms with E-state index in [1.54, 1.807) is 11.8 Å². The van der Waals surface area contributed by atoms with Crippen molar-refractivity contribution < 1.29 is 4.79 Å². The summed E-state index contributed by atoms with van der Waals surface area (Å²) in [6.07, 6.45) is 0.805. The minimum atomic E-state index is -0.139. The van der Waals surface area contributed by atoms with Crippen LogP contribution < -0.4 is 5.32 Å². The van der Waals surface area contributed by atoms with E-state index < -0.39 is 0 Å². The highest BCUT2D eigenvalue weighted by Gasteiger charge is 2.15. The normalized spacial score (nSPS) is 11.9. The molecular formula is C20H21N3OS2. The van der Waals surface area contributed by atoms with Crippen LogP contribution >= 0.6 is 23.1 Å². The van der Waals surface area contributed by atoms with Crippen LogP contribution in [0.2, 0.25) is 0 Å². The molecule has 1 unspecified atom stereocenters. The van der Waals surface area contributed by atoms with Crippen LogP contribution in [0.4, 0.5) is 5.13 Å². The summed E-state index contributed by atoms with van der Waals surface area (Å²) < 4.78 is 0. The highest BCUT2D eigenvalue weighted by atomic mass is 32.2. The first kappa shape index (κ1) is 18.6. The molecule has 134 valence electrons. The van der Waals surface area contributed by atoms with Gasteiger partial charge in [-0.05, 0) is 29.4 Å². The number of carbonyl (C=O) groups is 1. The van der Waals surface area contributed by atoms with E-state index in [1.807, 2.05) is 42.5 Å². The lowest BCUT2D eigenvalue weighted by Gasteiger charge is -2.09. The maximum atomic E-state index is 12.6. The number of hydrogen-bond donors (Lipinski definition) is 1. The van der Waals surface area contributed by atoms with Crippen molar-refractivity contribution in [2.24, 2.45) is 0 Å². The standard InChI is InChI=1S/C20H21N3OS2/c1-3-25-17-12-8-7-11-16(17)19(24)21-20-23-22-18(26-20)13-14(2)15-9-5-4-6-10-15/h4-12,14H,3,13H2,1-2H3,(H,21,23,24). The molecule has 6 heteroatoms. The Morgan fingerprint density at radius 1 is 1.12 bits per heavy atom. The SMILES string of the molecule is CCSc1ccccc1C(=O)Nc1nnc(CC(C)c2ccccc2)s1. The fourth-order valence-corrected chi connectivity index (χ4v) is 4.31. The van der Waals surface area contributed by atoms with Gasteiger partial charge in [0.05, 0.1) is 5.56 Å². The molecule has 0 aliphatic heterocycles. The quantitative estimate of drug-likeness (QED) is 0.566. The van der Waals surface area contributed by atoms with Gasteiger partial charge in [0.15, 0.2) is 0 Å². The minimum Gasteiger partial charge on any atom is -0.296 e. The van der Waals surface area contributed by atoms with E-state index in [0.29, 0.717) is 16.6 Å². The summed E-state index contributed by atoms with van der Waals surface area (Å²) in [6, 6.07) is 18.0. The van der Waals surface area contributed by atoms with Crippen molar-refractivity contribution in [3.8, 4) is 0 Å². The molecule has 1 atom stereocenters. The summed E-state index contributed by atoms with van der Waals surface area (Å²) in [7, 11) is 0. The van der Waals surface area contributed by atoms with Crippen molar-refractivity contribution in [2.75, 3.05) is 11.1 Å². The fourth-order valence-electron chi connectivity index (χ4n) is 2.65. The average molecular weight is 384 g/mol. The van der Waals surface area contributed by atoms with Crippen LogP contribution in [-0.2, 0) is 6.42 Å². The van der Waals surface area contributed by atoms with Crippen LogP contribution in [0.25, 0.3) is 0 Å². The third kappa shape index (κ3) is 4.71. The third-order valence-electron chi connectivity index (χ3n) is 3.97. The second-order valence-corrected chi connectivity index (χ2v) is 8.27. The van der Waals surface area contributed by atoms with Crippen LogP contribution in [0.5, 0.6) is 0 Å². The van der Waals surface area contributed by atoms with Crippen molar-refractivity contribution in [2.45, 2.75) is 31.1 Å². The molecule has 26 heavy (non-hydrogen) atoms. The molecule has 0 aliphatic carbocycles. The zero-order chi connectivity index (χ0) is 18.4. The molecule has 0 fully saturated rings. The average Bonchev–Trinajstić information content (AvgIpc) is 3.10. The number of rotatable bonds is 7. The van der Waals surface area contributed by atoms with Crippen molar-refractivity contribution in [3.63, 3.8) is 0 Å². The fraction of sp³-hybridized carbons (Fsp3) is 0.250. The summed E-state index contributed by atoms with van der Waals surface area (Å²) in [6.45, 7) is 4.25. The predicted octanol–water partition coefficient (Wildman–Crippen LogP) is 5.25. The first-order valence-corrected chi connectivity index (χ1v) is 10.4. The van der Waals surface area contributed by atoms with Gasteiger partial charge in [0.25, 0.3) is 5.91 Å². The molecule has 3 rings (SSSR count). The van der Waals surface area contributed by atoms with Gasteiger partial charge in [0.1, 0.15) is 5.01 Å². The number of nitrogens with one attached hydrogen (secondary N) is 1. The maximum absolute atomic E-state index is 12.6. The van der Waals surface area contributed by atoms with Crippen molar-refractivity contribution in [1.29, 1.82) is 0 Å². The number of anilines is 1. The van der Waals surface area contributed by atoms with Gasteiger partial charge in [0.2, 0.25) is 5.13 Å². The second-order valence-electron chi connectivity index (χ2n) is 5.90. The Morgan fingerprint density at radius 2 is 1.85 bits per heavy atom. The predicted molar refractivity (Wildman–Crippen MR) is 109 cm³/mol. The number of nitrogens with zero attached hydrogens (tertiary/aromatic N) is 2. The summed E-state index contributed by atoms with van der Waals surface area (Å²) in [5.74, 6) is 1.14. The van der Waals surface area contributed by atoms with Crippen LogP contribution in [0.1, 0.15) is 40.7 Å². The Bertz CT molecular complexity index is 864. The van der Waals surface area contributed by atoms with E-state index in [-0.39, 0.29) is 5.91 Å². The molecule has 1 aromatic heterocycles. The highest BCUT2D eigenvalue weighted by Crippen LogP contribution is 2.26. The van der Waals surface area contributed by atoms with Crippen molar-refractivity contribution >= 4 is 34.1 Å². The smallest absolute Gasteiger partial charge is 0.258 e. The zero-order valence-corrected chi connectivity index (χ0v) is 16.4. The number of thioether (sulfide) groups is 1. The summed E-state index contributed by atoms with van der Waals surface area (Å²) in [5.41, 5.74) is 1.95. The molecule has 3 aromatic rings. The molecule has 0 radical (unpaired) electrons. The monoisotopic (exact) mass is 383 g/mol. The molecule has 1 heterocycles. The number of benzene rings is 2. The van der Waals surface area contributed by atoms with Crippen LogP contribution in [0.3, 0.4) is 0 Å². The number of aromatic nitrogens is 2. The zero-order valence-electron chi connectivity index (χ0n) is 14.8. The lowest BCUT2D eigenvalue weighted by Crippen LogP contribution is -2.12. The number of hydrogen-bond acceptors (Lipinski definition) is 5. The van der Waals surface area contributed by atoms with Gasteiger partial charge in [0, 0.05) is 11.3 Å². The molecule has 0 spiro atoms. The van der Waals surface area contributed by atoms with Crippen LogP contribution in [0.15, 0.2) is 59.5 Å². The molecular weight excluding hydrogens is 362 g/mol. The van der Waals surface area contributed by atoms with Gasteiger partial charge in [-0.25, -0.2) is 0 Å². The third-order valence-corrected chi connectivity index (χ3v) is 5.78. The van der Waals surface area contributed by atoms with E-state index in [1.165, 1.54) is 16.9 Å². The molecule has 1 N–H and O–H groups in total. The maximum Gasteiger partial charge on any atom is 0.258 e. The highest BCUT2D eigenvalue weighted by molar-refractivity contribution is 7.99. The summed E-state index contributed by atoms with van der Waals surface area (Å²) in [4.78, 5) is 13.6. The minimum absolute atomic E-state index is 0.139. The van der Waals surface area contributed by atoms with E-state index in [0.717, 1.165) is 22.1 Å². The van der Waals surface area contributed by atoms with Crippen LogP contribution in [0, 0.1) is 0 Å². The Kier molecular flexibility index (Phi) is 6.41. The van der Waals surface area contributed by atoms with Crippen molar-refractivity contribution in [3.05, 3.63) is 70.7 Å². The Morgan fingerprint density at radius 3 is 2.62 bits per heavy atom. The first-order chi connectivity index (χ1) is 12.7. The molecule has 0 aliphatic rings. The summed E-state index contributed by atoms with van der Waals surface area (Å²) >= 11 is 3.10. The lowest BCUT2D eigenvalue weighted by atomic mass is 9.98. The largest absolute Gasteiger partial charge is 0.296 e. The summed E-state index contributed by atoms with van der Waals surface area (Å²) in [5, 5.41) is 12.7. The van der Waals surface area contributed by atoms with Gasteiger partial charge in [-0.15, -0.1) is 22.0 Å². The Labute approximate surface area is 162 Å². The van der Waals surface area contributed by atoms with Crippen molar-refractivity contribution in [1.82, 2.24) is 10.2 Å². The van der Waals surface area contributed by atoms with Gasteiger partial charge < -0.3 is 0 Å². The number of carbonyl (C=O) groups excluding carboxylic acids is 1. The molecule has 0 saturated carbocycles. The Hall–Kier alpha value is -2.18. The van der Waals surface area contributed by atoms with Gasteiger partial charge >= 0.3 is 0 Å². The van der Waals surface area contributed by atoms with Crippen LogP contribution in [-0.4, -0.2) is 21.9 Å². The molecule has 0 bridgehead atoms. The van der Waals surface area contributed by atoms with Gasteiger partial charge in [-0.1, -0.05) is 67.6 Å². The molecule has 2 aromatic carbocycles. The van der Waals surface area contributed by atoms with Gasteiger partial charge in [-0.2, -0.15) is 0 Å². The van der Waals surface area contributed by atoms with Gasteiger partial charge in [-0.3, -0.25) is 10.1 Å². The van der Waals surface area contributed by atoms with E-state index >= 15 is 0 Å². The Balaban J connectivity index is 1.66. The van der Waals surface area contributed by atoms with E-state index in [2.05, 4.69) is 41.5 Å². The topological polar surface area (TPSA) is 54.9 Å². The molecule has 4 nitrogen and oxygen atoms in total. The number of amides is 1. The molecule has 1 amide bonds. The van der Waals surface area contributed by atoms with E-state index in [9.17, 15) is 4.79 Å².